The van der Waals surface area contributed by atoms with Gasteiger partial charge in [-0.15, -0.1) is 5.10 Å². The first-order chi connectivity index (χ1) is 16.0. The molecule has 5 rings (SSSR count). The number of aromatic nitrogens is 3. The molecule has 3 heterocycles. The predicted molar refractivity (Wildman–Crippen MR) is 126 cm³/mol. The molecule has 0 bridgehead atoms. The number of fused-ring (bicyclic) bond motifs is 1. The molecule has 0 spiro atoms. The fourth-order valence-electron chi connectivity index (χ4n) is 4.00. The van der Waals surface area contributed by atoms with Gasteiger partial charge in [0, 0.05) is 36.1 Å². The number of carbonyl (C=O) groups excluding carboxylic acids is 1. The summed E-state index contributed by atoms with van der Waals surface area (Å²) in [6.45, 7) is 6.19. The summed E-state index contributed by atoms with van der Waals surface area (Å²) < 4.78 is 7.04. The molecule has 168 valence electrons. The molecule has 0 atom stereocenters. The Kier molecular flexibility index (Phi) is 5.43. The fraction of sp³-hybridized carbons (Fsp3) is 0.240. The minimum atomic E-state index is 0.0166. The summed E-state index contributed by atoms with van der Waals surface area (Å²) in [6, 6.07) is 15.1. The molecule has 1 fully saturated rings. The summed E-state index contributed by atoms with van der Waals surface area (Å²) in [5.74, 6) is 0.810. The number of phenols is 1. The molecule has 0 saturated carbocycles. The molecule has 33 heavy (non-hydrogen) atoms. The van der Waals surface area contributed by atoms with Crippen molar-refractivity contribution in [3.05, 3.63) is 71.4 Å². The Morgan fingerprint density at radius 3 is 2.39 bits per heavy atom. The van der Waals surface area contributed by atoms with Crippen LogP contribution in [0.2, 0.25) is 0 Å². The summed E-state index contributed by atoms with van der Waals surface area (Å²) in [7, 11) is 0. The maximum atomic E-state index is 12.6. The number of hydrogen-bond donors (Lipinski definition) is 2. The number of pyridine rings is 1. The monoisotopic (exact) mass is 443 g/mol. The Morgan fingerprint density at radius 2 is 1.70 bits per heavy atom. The van der Waals surface area contributed by atoms with Crippen molar-refractivity contribution in [3.8, 4) is 16.9 Å². The van der Waals surface area contributed by atoms with Gasteiger partial charge in [0.15, 0.2) is 5.65 Å². The first-order valence-electron chi connectivity index (χ1n) is 10.9. The molecule has 4 aromatic rings. The number of nitrogens with one attached hydrogen (secondary N) is 1. The smallest absolute Gasteiger partial charge is 0.254 e. The third kappa shape index (κ3) is 4.25. The van der Waals surface area contributed by atoms with Gasteiger partial charge >= 0.3 is 0 Å². The van der Waals surface area contributed by atoms with Gasteiger partial charge in [-0.1, -0.05) is 0 Å². The minimum Gasteiger partial charge on any atom is -0.507 e. The van der Waals surface area contributed by atoms with E-state index in [0.29, 0.717) is 49.2 Å². The Morgan fingerprint density at radius 1 is 1.00 bits per heavy atom. The molecule has 1 aliphatic heterocycles. The SMILES string of the molecule is Cc1cc(-c2ccc3nc(Nc4ccc(C(=O)N5CCOCC5)cc4)nn3c2)cc(C)c1O. The van der Waals surface area contributed by atoms with Crippen LogP contribution in [0.5, 0.6) is 5.75 Å². The Bertz CT molecular complexity index is 1300. The first-order valence-corrected chi connectivity index (χ1v) is 10.9. The first kappa shape index (κ1) is 21.0. The number of aryl methyl sites for hydroxylation is 2. The zero-order valence-electron chi connectivity index (χ0n) is 18.6. The van der Waals surface area contributed by atoms with Crippen molar-refractivity contribution >= 4 is 23.2 Å². The third-order valence-corrected chi connectivity index (χ3v) is 5.84. The second kappa shape index (κ2) is 8.55. The van der Waals surface area contributed by atoms with Crippen molar-refractivity contribution < 1.29 is 14.6 Å². The van der Waals surface area contributed by atoms with Crippen LogP contribution in [0.15, 0.2) is 54.7 Å². The second-order valence-electron chi connectivity index (χ2n) is 8.22. The van der Waals surface area contributed by atoms with Gasteiger partial charge in [-0.05, 0) is 79.1 Å². The number of rotatable bonds is 4. The van der Waals surface area contributed by atoms with Crippen LogP contribution in [-0.2, 0) is 4.74 Å². The Hall–Kier alpha value is -3.91. The number of phenolic OH excluding ortho intramolecular Hbond substituents is 1. The molecule has 1 amide bonds. The number of nitrogens with zero attached hydrogens (tertiary/aromatic N) is 4. The summed E-state index contributed by atoms with van der Waals surface area (Å²) >= 11 is 0. The minimum absolute atomic E-state index is 0.0166. The van der Waals surface area contributed by atoms with E-state index in [9.17, 15) is 9.90 Å². The average molecular weight is 444 g/mol. The van der Waals surface area contributed by atoms with E-state index in [4.69, 9.17) is 4.74 Å². The number of anilines is 2. The number of benzene rings is 2. The lowest BCUT2D eigenvalue weighted by molar-refractivity contribution is 0.0303. The van der Waals surface area contributed by atoms with Crippen LogP contribution >= 0.6 is 0 Å². The van der Waals surface area contributed by atoms with Crippen molar-refractivity contribution in [2.24, 2.45) is 0 Å². The highest BCUT2D eigenvalue weighted by Gasteiger charge is 2.18. The quantitative estimate of drug-likeness (QED) is 0.497. The molecule has 8 heteroatoms. The van der Waals surface area contributed by atoms with E-state index in [0.717, 1.165) is 27.9 Å². The zero-order valence-corrected chi connectivity index (χ0v) is 18.6. The average Bonchev–Trinajstić information content (AvgIpc) is 3.24. The number of carbonyl (C=O) groups is 1. The van der Waals surface area contributed by atoms with Gasteiger partial charge in [-0.2, -0.15) is 4.98 Å². The molecule has 0 unspecified atom stereocenters. The van der Waals surface area contributed by atoms with E-state index in [1.807, 2.05) is 73.5 Å². The van der Waals surface area contributed by atoms with Crippen molar-refractivity contribution in [2.75, 3.05) is 31.6 Å². The van der Waals surface area contributed by atoms with Crippen LogP contribution < -0.4 is 5.32 Å². The molecule has 8 nitrogen and oxygen atoms in total. The van der Waals surface area contributed by atoms with Gasteiger partial charge in [0.1, 0.15) is 5.75 Å². The summed E-state index contributed by atoms with van der Waals surface area (Å²) in [5, 5.41) is 17.8. The van der Waals surface area contributed by atoms with E-state index in [1.54, 1.807) is 4.52 Å². The lowest BCUT2D eigenvalue weighted by Crippen LogP contribution is -2.40. The number of morpholine rings is 1. The van der Waals surface area contributed by atoms with Crippen LogP contribution in [0, 0.1) is 13.8 Å². The highest BCUT2D eigenvalue weighted by Crippen LogP contribution is 2.29. The number of ether oxygens (including phenoxy) is 1. The molecular weight excluding hydrogens is 418 g/mol. The molecular formula is C25H25N5O3. The summed E-state index contributed by atoms with van der Waals surface area (Å²) in [5.41, 5.74) is 5.83. The van der Waals surface area contributed by atoms with Gasteiger partial charge in [0.25, 0.3) is 5.91 Å². The lowest BCUT2D eigenvalue weighted by Gasteiger charge is -2.26. The maximum Gasteiger partial charge on any atom is 0.254 e. The molecule has 1 saturated heterocycles. The molecule has 2 aromatic carbocycles. The Labute approximate surface area is 191 Å². The van der Waals surface area contributed by atoms with Gasteiger partial charge in [0.05, 0.1) is 13.2 Å². The van der Waals surface area contributed by atoms with E-state index in [1.165, 1.54) is 0 Å². The van der Waals surface area contributed by atoms with Crippen molar-refractivity contribution in [1.82, 2.24) is 19.5 Å². The van der Waals surface area contributed by atoms with Crippen molar-refractivity contribution in [1.29, 1.82) is 0 Å². The largest absolute Gasteiger partial charge is 0.507 e. The molecule has 2 N–H and O–H groups in total. The van der Waals surface area contributed by atoms with Gasteiger partial charge in [0.2, 0.25) is 5.95 Å². The topological polar surface area (TPSA) is 92.0 Å². The third-order valence-electron chi connectivity index (χ3n) is 5.84. The van der Waals surface area contributed by atoms with Crippen LogP contribution in [0.25, 0.3) is 16.8 Å². The highest BCUT2D eigenvalue weighted by molar-refractivity contribution is 5.94. The van der Waals surface area contributed by atoms with Gasteiger partial charge < -0.3 is 20.1 Å². The highest BCUT2D eigenvalue weighted by atomic mass is 16.5. The van der Waals surface area contributed by atoms with E-state index in [-0.39, 0.29) is 5.91 Å². The number of hydrogen-bond acceptors (Lipinski definition) is 6. The van der Waals surface area contributed by atoms with E-state index in [2.05, 4.69) is 15.4 Å². The Balaban J connectivity index is 1.34. The standard InChI is InChI=1S/C25H25N5O3/c1-16-13-20(14-17(2)23(16)31)19-5-8-22-27-25(28-30(22)15-19)26-21-6-3-18(4-7-21)24(32)29-9-11-33-12-10-29/h3-8,13-15,31H,9-12H2,1-2H3,(H,26,28). The maximum absolute atomic E-state index is 12.6. The van der Waals surface area contributed by atoms with E-state index < -0.39 is 0 Å². The number of aromatic hydroxyl groups is 1. The van der Waals surface area contributed by atoms with Crippen molar-refractivity contribution in [2.45, 2.75) is 13.8 Å². The lowest BCUT2D eigenvalue weighted by atomic mass is 10.0. The van der Waals surface area contributed by atoms with Gasteiger partial charge in [-0.25, -0.2) is 4.52 Å². The predicted octanol–water partition coefficient (Wildman–Crippen LogP) is 3.93. The summed E-state index contributed by atoms with van der Waals surface area (Å²) in [4.78, 5) is 18.9. The van der Waals surface area contributed by atoms with Crippen LogP contribution in [-0.4, -0.2) is 56.8 Å². The van der Waals surface area contributed by atoms with Crippen molar-refractivity contribution in [3.63, 3.8) is 0 Å². The van der Waals surface area contributed by atoms with Crippen LogP contribution in [0.3, 0.4) is 0 Å². The molecule has 0 aliphatic carbocycles. The molecule has 0 radical (unpaired) electrons. The normalized spacial score (nSPS) is 13.9. The second-order valence-corrected chi connectivity index (χ2v) is 8.22. The zero-order chi connectivity index (χ0) is 22.9. The molecule has 1 aliphatic rings. The molecule has 2 aromatic heterocycles. The number of amides is 1. The summed E-state index contributed by atoms with van der Waals surface area (Å²) in [6.07, 6.45) is 1.92. The fourth-order valence-corrected chi connectivity index (χ4v) is 4.00. The van der Waals surface area contributed by atoms with Gasteiger partial charge in [-0.3, -0.25) is 4.79 Å². The van der Waals surface area contributed by atoms with E-state index >= 15 is 0 Å². The van der Waals surface area contributed by atoms with Crippen LogP contribution in [0.4, 0.5) is 11.6 Å². The van der Waals surface area contributed by atoms with Crippen LogP contribution in [0.1, 0.15) is 21.5 Å².